The molecule has 0 bridgehead atoms. The van der Waals surface area contributed by atoms with Crippen LogP contribution in [0.2, 0.25) is 0 Å². The number of pyridine rings is 1. The lowest BCUT2D eigenvalue weighted by Crippen LogP contribution is -2.42. The molecule has 2 aromatic rings. The Hall–Kier alpha value is -2.65. The van der Waals surface area contributed by atoms with Crippen LogP contribution in [-0.4, -0.2) is 66.0 Å². The van der Waals surface area contributed by atoms with Gasteiger partial charge in [-0.1, -0.05) is 6.07 Å². The lowest BCUT2D eigenvalue weighted by atomic mass is 10.1. The first-order valence-corrected chi connectivity index (χ1v) is 9.65. The highest BCUT2D eigenvalue weighted by atomic mass is 16.2. The van der Waals surface area contributed by atoms with Gasteiger partial charge in [-0.3, -0.25) is 14.7 Å². The van der Waals surface area contributed by atoms with Crippen LogP contribution in [0, 0.1) is 11.3 Å². The number of amides is 1. The number of fused-ring (bicyclic) bond motifs is 1. The smallest absolute Gasteiger partial charge is 0.237 e. The van der Waals surface area contributed by atoms with Gasteiger partial charge in [-0.2, -0.15) is 5.26 Å². The molecule has 2 atom stereocenters. The van der Waals surface area contributed by atoms with Crippen LogP contribution in [0.3, 0.4) is 0 Å². The summed E-state index contributed by atoms with van der Waals surface area (Å²) in [6.07, 6.45) is 4.59. The highest BCUT2D eigenvalue weighted by Gasteiger charge is 2.32. The maximum atomic E-state index is 12.6. The molecule has 1 amide bonds. The largest absolute Gasteiger partial charge is 0.370 e. The van der Waals surface area contributed by atoms with Crippen molar-refractivity contribution in [3.63, 3.8) is 0 Å². The van der Waals surface area contributed by atoms with E-state index in [-0.39, 0.29) is 11.9 Å². The zero-order valence-electron chi connectivity index (χ0n) is 15.7. The second-order valence-corrected chi connectivity index (χ2v) is 7.51. The average Bonchev–Trinajstić information content (AvgIpc) is 3.36. The summed E-state index contributed by atoms with van der Waals surface area (Å²) < 4.78 is 0. The van der Waals surface area contributed by atoms with Crippen LogP contribution >= 0.6 is 0 Å². The van der Waals surface area contributed by atoms with Crippen LogP contribution < -0.4 is 4.90 Å². The number of likely N-dealkylation sites (tertiary alicyclic amines) is 2. The Morgan fingerprint density at radius 1 is 1.30 bits per heavy atom. The van der Waals surface area contributed by atoms with E-state index >= 15 is 0 Å². The number of nitrogens with zero attached hydrogens (tertiary/aromatic N) is 5. The Morgan fingerprint density at radius 3 is 3.04 bits per heavy atom. The number of carbonyl (C=O) groups is 1. The molecule has 0 spiro atoms. The van der Waals surface area contributed by atoms with Gasteiger partial charge in [0.15, 0.2) is 0 Å². The number of likely N-dealkylation sites (N-methyl/N-ethyl adjacent to an activating group) is 1. The maximum Gasteiger partial charge on any atom is 0.237 e. The summed E-state index contributed by atoms with van der Waals surface area (Å²) in [6, 6.07) is 12.7. The van der Waals surface area contributed by atoms with Gasteiger partial charge in [0, 0.05) is 50.0 Å². The van der Waals surface area contributed by atoms with Gasteiger partial charge in [0.05, 0.1) is 18.1 Å². The minimum atomic E-state index is -0.234. The normalized spacial score (nSPS) is 22.9. The Labute approximate surface area is 160 Å². The maximum absolute atomic E-state index is 12.6. The van der Waals surface area contributed by atoms with Gasteiger partial charge in [0.1, 0.15) is 6.04 Å². The predicted molar refractivity (Wildman–Crippen MR) is 105 cm³/mol. The van der Waals surface area contributed by atoms with Gasteiger partial charge < -0.3 is 9.80 Å². The molecule has 1 aromatic carbocycles. The van der Waals surface area contributed by atoms with Gasteiger partial charge in [0.25, 0.3) is 0 Å². The third kappa shape index (κ3) is 3.47. The zero-order valence-corrected chi connectivity index (χ0v) is 15.7. The standard InChI is InChI=1S/C21H25N5O/c1-24(20-8-2-7-19-18(20)6-3-10-23-19)17-9-12-25(14-17)15-21(27)26-11-4-5-16(26)13-22/h2-3,6-8,10,16-17H,4-5,9,11-12,14-15H2,1H3/t16?,17-/m1/s1. The number of nitriles is 1. The zero-order chi connectivity index (χ0) is 18.8. The van der Waals surface area contributed by atoms with E-state index in [0.717, 1.165) is 49.8 Å². The van der Waals surface area contributed by atoms with Crippen molar-refractivity contribution in [2.75, 3.05) is 38.1 Å². The molecule has 140 valence electrons. The molecule has 1 aromatic heterocycles. The Morgan fingerprint density at radius 2 is 2.19 bits per heavy atom. The first-order valence-electron chi connectivity index (χ1n) is 9.65. The van der Waals surface area contributed by atoms with Crippen molar-refractivity contribution in [2.24, 2.45) is 0 Å². The molecule has 0 aliphatic carbocycles. The quantitative estimate of drug-likeness (QED) is 0.834. The van der Waals surface area contributed by atoms with Crippen LogP contribution in [0.15, 0.2) is 36.5 Å². The molecule has 1 unspecified atom stereocenters. The minimum absolute atomic E-state index is 0.0942. The molecular formula is C21H25N5O. The Bertz CT molecular complexity index is 871. The van der Waals surface area contributed by atoms with Crippen LogP contribution in [0.5, 0.6) is 0 Å². The number of aromatic nitrogens is 1. The number of carbonyl (C=O) groups excluding carboxylic acids is 1. The summed E-state index contributed by atoms with van der Waals surface area (Å²) in [5.74, 6) is 0.0942. The van der Waals surface area contributed by atoms with Gasteiger partial charge >= 0.3 is 0 Å². The van der Waals surface area contributed by atoms with Crippen molar-refractivity contribution in [1.29, 1.82) is 5.26 Å². The van der Waals surface area contributed by atoms with E-state index in [1.165, 1.54) is 5.69 Å². The topological polar surface area (TPSA) is 63.5 Å². The van der Waals surface area contributed by atoms with Crippen LogP contribution in [0.1, 0.15) is 19.3 Å². The van der Waals surface area contributed by atoms with E-state index in [1.54, 1.807) is 4.90 Å². The number of hydrogen-bond donors (Lipinski definition) is 0. The van der Waals surface area contributed by atoms with Crippen LogP contribution in [0.4, 0.5) is 5.69 Å². The summed E-state index contributed by atoms with van der Waals surface area (Å²) in [4.78, 5) is 23.4. The SMILES string of the molecule is CN(c1cccc2ncccc12)[C@@H]1CCN(CC(=O)N2CCCC2C#N)C1. The second kappa shape index (κ2) is 7.53. The molecule has 2 fully saturated rings. The number of hydrogen-bond acceptors (Lipinski definition) is 5. The number of anilines is 1. The van der Waals surface area contributed by atoms with E-state index in [2.05, 4.69) is 40.0 Å². The Kier molecular flexibility index (Phi) is 4.95. The van der Waals surface area contributed by atoms with Gasteiger partial charge in [0.2, 0.25) is 5.91 Å². The highest BCUT2D eigenvalue weighted by molar-refractivity contribution is 5.91. The minimum Gasteiger partial charge on any atom is -0.370 e. The van der Waals surface area contributed by atoms with E-state index < -0.39 is 0 Å². The van der Waals surface area contributed by atoms with Crippen molar-refractivity contribution in [3.8, 4) is 6.07 Å². The van der Waals surface area contributed by atoms with Crippen molar-refractivity contribution < 1.29 is 4.79 Å². The van der Waals surface area contributed by atoms with Crippen molar-refractivity contribution in [1.82, 2.24) is 14.8 Å². The average molecular weight is 363 g/mol. The second-order valence-electron chi connectivity index (χ2n) is 7.51. The van der Waals surface area contributed by atoms with Gasteiger partial charge in [-0.15, -0.1) is 0 Å². The molecule has 2 saturated heterocycles. The molecular weight excluding hydrogens is 338 g/mol. The molecule has 0 radical (unpaired) electrons. The summed E-state index contributed by atoms with van der Waals surface area (Å²) in [7, 11) is 2.13. The lowest BCUT2D eigenvalue weighted by molar-refractivity contribution is -0.132. The molecule has 27 heavy (non-hydrogen) atoms. The van der Waals surface area contributed by atoms with Gasteiger partial charge in [-0.25, -0.2) is 0 Å². The number of benzene rings is 1. The fourth-order valence-corrected chi connectivity index (χ4v) is 4.34. The third-order valence-corrected chi connectivity index (χ3v) is 5.88. The van der Waals surface area contributed by atoms with Crippen LogP contribution in [-0.2, 0) is 4.79 Å². The molecule has 0 N–H and O–H groups in total. The molecule has 0 saturated carbocycles. The van der Waals surface area contributed by atoms with Crippen molar-refractivity contribution in [2.45, 2.75) is 31.3 Å². The Balaban J connectivity index is 1.42. The van der Waals surface area contributed by atoms with Crippen molar-refractivity contribution in [3.05, 3.63) is 36.5 Å². The fourth-order valence-electron chi connectivity index (χ4n) is 4.34. The fraction of sp³-hybridized carbons (Fsp3) is 0.476. The van der Waals surface area contributed by atoms with E-state index in [4.69, 9.17) is 0 Å². The van der Waals surface area contributed by atoms with Gasteiger partial charge in [-0.05, 0) is 43.5 Å². The molecule has 2 aliphatic heterocycles. The summed E-state index contributed by atoms with van der Waals surface area (Å²) in [6.45, 7) is 2.91. The summed E-state index contributed by atoms with van der Waals surface area (Å²) in [5, 5.41) is 10.4. The lowest BCUT2D eigenvalue weighted by Gasteiger charge is -2.28. The molecule has 3 heterocycles. The predicted octanol–water partition coefficient (Wildman–Crippen LogP) is 2.26. The molecule has 6 heteroatoms. The summed E-state index contributed by atoms with van der Waals surface area (Å²) in [5.41, 5.74) is 2.19. The monoisotopic (exact) mass is 363 g/mol. The molecule has 2 aliphatic rings. The third-order valence-electron chi connectivity index (χ3n) is 5.88. The van der Waals surface area contributed by atoms with E-state index in [0.29, 0.717) is 12.6 Å². The first kappa shape index (κ1) is 17.7. The van der Waals surface area contributed by atoms with Crippen LogP contribution in [0.25, 0.3) is 10.9 Å². The van der Waals surface area contributed by atoms with E-state index in [9.17, 15) is 10.1 Å². The molecule has 6 nitrogen and oxygen atoms in total. The first-order chi connectivity index (χ1) is 13.2. The number of rotatable bonds is 4. The summed E-state index contributed by atoms with van der Waals surface area (Å²) >= 11 is 0. The van der Waals surface area contributed by atoms with Crippen molar-refractivity contribution >= 4 is 22.5 Å². The van der Waals surface area contributed by atoms with E-state index in [1.807, 2.05) is 24.4 Å². The highest BCUT2D eigenvalue weighted by Crippen LogP contribution is 2.28. The molecule has 4 rings (SSSR count).